The second kappa shape index (κ2) is 5.32. The van der Waals surface area contributed by atoms with E-state index in [0.29, 0.717) is 16.1 Å². The summed E-state index contributed by atoms with van der Waals surface area (Å²) < 4.78 is 13.4. The Morgan fingerprint density at radius 3 is 2.44 bits per heavy atom. The molecule has 0 aliphatic rings. The third-order valence-corrected chi connectivity index (χ3v) is 3.02. The molecule has 0 radical (unpaired) electrons. The van der Waals surface area contributed by atoms with Crippen molar-refractivity contribution >= 4 is 17.4 Å². The lowest BCUT2D eigenvalue weighted by Crippen LogP contribution is -2.04. The van der Waals surface area contributed by atoms with Gasteiger partial charge in [0.05, 0.1) is 0 Å². The zero-order chi connectivity index (χ0) is 13.1. The fraction of sp³-hybridized carbons (Fsp3) is 0.133. The maximum absolute atomic E-state index is 13.4. The lowest BCUT2D eigenvalue weighted by Gasteiger charge is -2.03. The quantitative estimate of drug-likeness (QED) is 0.757. The molecule has 0 fully saturated rings. The summed E-state index contributed by atoms with van der Waals surface area (Å²) in [7, 11) is 0. The molecule has 2 rings (SSSR count). The van der Waals surface area contributed by atoms with Crippen LogP contribution >= 0.6 is 11.6 Å². The fourth-order valence-electron chi connectivity index (χ4n) is 1.66. The van der Waals surface area contributed by atoms with Crippen LogP contribution in [0.15, 0.2) is 42.5 Å². The highest BCUT2D eigenvalue weighted by Crippen LogP contribution is 2.14. The number of halogens is 2. The summed E-state index contributed by atoms with van der Waals surface area (Å²) in [4.78, 5) is 12.0. The van der Waals surface area contributed by atoms with Crippen LogP contribution < -0.4 is 0 Å². The number of hydrogen-bond donors (Lipinski definition) is 0. The van der Waals surface area contributed by atoms with Gasteiger partial charge < -0.3 is 0 Å². The van der Waals surface area contributed by atoms with Crippen LogP contribution in [0.4, 0.5) is 4.39 Å². The molecule has 18 heavy (non-hydrogen) atoms. The number of Topliss-reactive ketones (excluding diaryl/α,β-unsaturated/α-hetero) is 1. The number of rotatable bonds is 3. The number of aryl methyl sites for hydroxylation is 1. The average Bonchev–Trinajstić information content (AvgIpc) is 2.35. The average molecular weight is 263 g/mol. The van der Waals surface area contributed by atoms with E-state index in [2.05, 4.69) is 0 Å². The van der Waals surface area contributed by atoms with Crippen molar-refractivity contribution in [1.82, 2.24) is 0 Å². The molecule has 0 saturated carbocycles. The third-order valence-electron chi connectivity index (χ3n) is 2.77. The molecule has 0 N–H and O–H groups in total. The van der Waals surface area contributed by atoms with Gasteiger partial charge in [-0.05, 0) is 36.2 Å². The number of ketones is 1. The summed E-state index contributed by atoms with van der Waals surface area (Å²) in [5.74, 6) is -0.451. The van der Waals surface area contributed by atoms with E-state index in [1.807, 2.05) is 0 Å². The van der Waals surface area contributed by atoms with Crippen LogP contribution in [-0.2, 0) is 6.42 Å². The standard InChI is InChI=1S/C15H12ClFO/c1-10-2-5-12(9-14(10)17)15(18)8-11-3-6-13(16)7-4-11/h2-7,9H,8H2,1H3. The van der Waals surface area contributed by atoms with E-state index >= 15 is 0 Å². The van der Waals surface area contributed by atoms with E-state index in [9.17, 15) is 9.18 Å². The largest absolute Gasteiger partial charge is 0.294 e. The van der Waals surface area contributed by atoms with Gasteiger partial charge in [0.25, 0.3) is 0 Å². The number of carbonyl (C=O) groups excluding carboxylic acids is 1. The minimum absolute atomic E-state index is 0.101. The molecule has 0 unspecified atom stereocenters. The van der Waals surface area contributed by atoms with Gasteiger partial charge in [0.2, 0.25) is 0 Å². The zero-order valence-corrected chi connectivity index (χ0v) is 10.7. The minimum Gasteiger partial charge on any atom is -0.294 e. The monoisotopic (exact) mass is 262 g/mol. The second-order valence-corrected chi connectivity index (χ2v) is 4.63. The highest BCUT2D eigenvalue weighted by molar-refractivity contribution is 6.30. The first-order valence-corrected chi connectivity index (χ1v) is 5.98. The molecule has 2 aromatic carbocycles. The Kier molecular flexibility index (Phi) is 3.78. The van der Waals surface area contributed by atoms with E-state index < -0.39 is 0 Å². The molecule has 0 atom stereocenters. The normalized spacial score (nSPS) is 10.4. The Bertz CT molecular complexity index is 576. The number of benzene rings is 2. The van der Waals surface area contributed by atoms with E-state index in [4.69, 9.17) is 11.6 Å². The summed E-state index contributed by atoms with van der Waals surface area (Å²) in [6, 6.07) is 11.6. The van der Waals surface area contributed by atoms with Gasteiger partial charge in [-0.2, -0.15) is 0 Å². The van der Waals surface area contributed by atoms with Crippen molar-refractivity contribution in [2.24, 2.45) is 0 Å². The lowest BCUT2D eigenvalue weighted by molar-refractivity contribution is 0.0992. The SMILES string of the molecule is Cc1ccc(C(=O)Cc2ccc(Cl)cc2)cc1F. The Balaban J connectivity index is 2.16. The maximum Gasteiger partial charge on any atom is 0.167 e. The molecule has 0 saturated heterocycles. The van der Waals surface area contributed by atoms with Crippen LogP contribution in [0.2, 0.25) is 5.02 Å². The molecule has 0 amide bonds. The van der Waals surface area contributed by atoms with Gasteiger partial charge in [0, 0.05) is 17.0 Å². The van der Waals surface area contributed by atoms with Crippen molar-refractivity contribution in [2.45, 2.75) is 13.3 Å². The van der Waals surface area contributed by atoms with Crippen molar-refractivity contribution in [3.05, 3.63) is 70.0 Å². The molecular formula is C15H12ClFO. The van der Waals surface area contributed by atoms with Crippen molar-refractivity contribution in [2.75, 3.05) is 0 Å². The van der Waals surface area contributed by atoms with Gasteiger partial charge in [-0.3, -0.25) is 4.79 Å². The molecule has 0 aliphatic carbocycles. The van der Waals surface area contributed by atoms with Crippen molar-refractivity contribution in [3.63, 3.8) is 0 Å². The van der Waals surface area contributed by atoms with Gasteiger partial charge in [-0.1, -0.05) is 35.9 Å². The van der Waals surface area contributed by atoms with Gasteiger partial charge in [0.15, 0.2) is 5.78 Å². The van der Waals surface area contributed by atoms with E-state index in [1.54, 1.807) is 43.3 Å². The Morgan fingerprint density at radius 1 is 1.17 bits per heavy atom. The molecule has 3 heteroatoms. The number of hydrogen-bond acceptors (Lipinski definition) is 1. The van der Waals surface area contributed by atoms with Crippen LogP contribution in [0.3, 0.4) is 0 Å². The first-order chi connectivity index (χ1) is 8.56. The number of carbonyl (C=O) groups is 1. The Hall–Kier alpha value is -1.67. The third kappa shape index (κ3) is 2.96. The van der Waals surface area contributed by atoms with Gasteiger partial charge >= 0.3 is 0 Å². The van der Waals surface area contributed by atoms with Crippen LogP contribution in [0.25, 0.3) is 0 Å². The summed E-state index contributed by atoms with van der Waals surface area (Å²) in [5, 5.41) is 0.632. The molecule has 2 aromatic rings. The van der Waals surface area contributed by atoms with Crippen molar-refractivity contribution in [1.29, 1.82) is 0 Å². The highest BCUT2D eigenvalue weighted by atomic mass is 35.5. The summed E-state index contributed by atoms with van der Waals surface area (Å²) in [6.45, 7) is 1.67. The zero-order valence-electron chi connectivity index (χ0n) is 9.91. The second-order valence-electron chi connectivity index (χ2n) is 4.19. The van der Waals surface area contributed by atoms with E-state index in [-0.39, 0.29) is 18.0 Å². The van der Waals surface area contributed by atoms with Gasteiger partial charge in [0.1, 0.15) is 5.82 Å². The summed E-state index contributed by atoms with van der Waals surface area (Å²) in [5.41, 5.74) is 1.80. The van der Waals surface area contributed by atoms with Crippen LogP contribution in [0.5, 0.6) is 0 Å². The molecule has 0 heterocycles. The van der Waals surface area contributed by atoms with Gasteiger partial charge in [-0.15, -0.1) is 0 Å². The molecule has 1 nitrogen and oxygen atoms in total. The minimum atomic E-state index is -0.350. The van der Waals surface area contributed by atoms with E-state index in [0.717, 1.165) is 5.56 Å². The first kappa shape index (κ1) is 12.8. The van der Waals surface area contributed by atoms with Crippen LogP contribution in [-0.4, -0.2) is 5.78 Å². The van der Waals surface area contributed by atoms with Crippen molar-refractivity contribution in [3.8, 4) is 0 Å². The Morgan fingerprint density at radius 2 is 1.83 bits per heavy atom. The molecule has 0 spiro atoms. The molecule has 0 aromatic heterocycles. The predicted molar refractivity (Wildman–Crippen MR) is 70.6 cm³/mol. The summed E-state index contributed by atoms with van der Waals surface area (Å²) >= 11 is 5.77. The molecule has 92 valence electrons. The molecule has 0 bridgehead atoms. The molecular weight excluding hydrogens is 251 g/mol. The molecule has 0 aliphatic heterocycles. The summed E-state index contributed by atoms with van der Waals surface area (Å²) in [6.07, 6.45) is 0.250. The highest BCUT2D eigenvalue weighted by Gasteiger charge is 2.09. The Labute approximate surface area is 110 Å². The topological polar surface area (TPSA) is 17.1 Å². The van der Waals surface area contributed by atoms with E-state index in [1.165, 1.54) is 6.07 Å². The van der Waals surface area contributed by atoms with Crippen molar-refractivity contribution < 1.29 is 9.18 Å². The van der Waals surface area contributed by atoms with Crippen LogP contribution in [0.1, 0.15) is 21.5 Å². The van der Waals surface area contributed by atoms with Crippen LogP contribution in [0, 0.1) is 12.7 Å². The predicted octanol–water partition coefficient (Wildman–Crippen LogP) is 4.21. The first-order valence-electron chi connectivity index (χ1n) is 5.60. The fourth-order valence-corrected chi connectivity index (χ4v) is 1.78. The smallest absolute Gasteiger partial charge is 0.167 e. The van der Waals surface area contributed by atoms with Gasteiger partial charge in [-0.25, -0.2) is 4.39 Å². The lowest BCUT2D eigenvalue weighted by atomic mass is 10.0. The maximum atomic E-state index is 13.4.